The maximum Gasteiger partial charge on any atom is 0.226 e. The predicted molar refractivity (Wildman–Crippen MR) is 129 cm³/mol. The Morgan fingerprint density at radius 1 is 0.971 bits per heavy atom. The number of nitrogens with zero attached hydrogens (tertiary/aromatic N) is 3. The van der Waals surface area contributed by atoms with Gasteiger partial charge in [-0.1, -0.05) is 29.8 Å². The van der Waals surface area contributed by atoms with Gasteiger partial charge in [0.1, 0.15) is 30.0 Å². The molecule has 176 valence electrons. The number of benzene rings is 3. The summed E-state index contributed by atoms with van der Waals surface area (Å²) >= 11 is 6.37. The second-order valence-electron chi connectivity index (χ2n) is 8.19. The molecule has 4 aromatic rings. The number of halogens is 2. The van der Waals surface area contributed by atoms with E-state index in [0.29, 0.717) is 28.2 Å². The largest absolute Gasteiger partial charge is 0.493 e. The zero-order chi connectivity index (χ0) is 24.1. The Kier molecular flexibility index (Phi) is 5.11. The van der Waals surface area contributed by atoms with Crippen molar-refractivity contribution in [2.75, 3.05) is 19.5 Å². The van der Waals surface area contributed by atoms with Gasteiger partial charge in [-0.25, -0.2) is 9.07 Å². The first-order chi connectivity index (χ1) is 17.1. The van der Waals surface area contributed by atoms with Crippen molar-refractivity contribution in [1.82, 2.24) is 14.8 Å². The third-order valence-corrected chi connectivity index (χ3v) is 6.51. The van der Waals surface area contributed by atoms with Crippen LogP contribution in [0.5, 0.6) is 17.2 Å². The molecular formula is C26H20ClFN4O3. The first-order valence-electron chi connectivity index (χ1n) is 10.9. The number of hydrogen-bond acceptors (Lipinski definition) is 6. The molecule has 0 bridgehead atoms. The van der Waals surface area contributed by atoms with Gasteiger partial charge in [0.05, 0.1) is 19.9 Å². The van der Waals surface area contributed by atoms with Crippen molar-refractivity contribution in [1.29, 1.82) is 0 Å². The van der Waals surface area contributed by atoms with Crippen LogP contribution in [0, 0.1) is 5.82 Å². The topological polar surface area (TPSA) is 70.4 Å². The molecule has 2 aliphatic heterocycles. The predicted octanol–water partition coefficient (Wildman–Crippen LogP) is 5.65. The lowest BCUT2D eigenvalue weighted by Crippen LogP contribution is -2.32. The fraction of sp³-hybridized carbons (Fsp3) is 0.154. The molecule has 0 saturated carbocycles. The smallest absolute Gasteiger partial charge is 0.226 e. The van der Waals surface area contributed by atoms with Crippen molar-refractivity contribution in [2.24, 2.45) is 0 Å². The average Bonchev–Trinajstić information content (AvgIpc) is 3.35. The van der Waals surface area contributed by atoms with E-state index in [0.717, 1.165) is 28.0 Å². The first kappa shape index (κ1) is 21.5. The number of hydrogen-bond donors (Lipinski definition) is 1. The van der Waals surface area contributed by atoms with Gasteiger partial charge in [0, 0.05) is 21.7 Å². The van der Waals surface area contributed by atoms with E-state index in [1.165, 1.54) is 18.5 Å². The molecule has 2 atom stereocenters. The molecule has 0 fully saturated rings. The maximum absolute atomic E-state index is 13.8. The lowest BCUT2D eigenvalue weighted by atomic mass is 9.84. The van der Waals surface area contributed by atoms with Gasteiger partial charge in [-0.2, -0.15) is 10.1 Å². The standard InChI is InChI=1S/C26H20ClFN4O3/c1-33-20-9-5-15(11-21(20)34-2)25-22-23(18-12-16(27)6-10-19(18)35-25)31-26-29-13-30-32(26)24(22)14-3-7-17(28)8-4-14/h3-13,24-25H,1-2H3,(H,29,30,31). The highest BCUT2D eigenvalue weighted by Crippen LogP contribution is 2.51. The Bertz CT molecular complexity index is 1470. The number of rotatable bonds is 4. The number of nitrogens with one attached hydrogen (secondary N) is 1. The molecule has 0 aliphatic carbocycles. The highest BCUT2D eigenvalue weighted by Gasteiger charge is 2.41. The molecule has 0 radical (unpaired) electrons. The Labute approximate surface area is 205 Å². The Balaban J connectivity index is 1.61. The van der Waals surface area contributed by atoms with Gasteiger partial charge in [0.2, 0.25) is 5.95 Å². The monoisotopic (exact) mass is 490 g/mol. The van der Waals surface area contributed by atoms with E-state index >= 15 is 0 Å². The van der Waals surface area contributed by atoms with E-state index in [1.54, 1.807) is 37.1 Å². The van der Waals surface area contributed by atoms with Crippen LogP contribution in [0.1, 0.15) is 28.8 Å². The molecule has 0 saturated heterocycles. The fourth-order valence-corrected chi connectivity index (χ4v) is 4.87. The number of fused-ring (bicyclic) bond motifs is 3. The number of anilines is 1. The van der Waals surface area contributed by atoms with Crippen molar-refractivity contribution in [3.8, 4) is 17.2 Å². The molecule has 3 aromatic carbocycles. The summed E-state index contributed by atoms with van der Waals surface area (Å²) < 4.78 is 33.2. The second kappa shape index (κ2) is 8.32. The molecule has 7 nitrogen and oxygen atoms in total. The molecule has 2 aliphatic rings. The zero-order valence-electron chi connectivity index (χ0n) is 18.8. The zero-order valence-corrected chi connectivity index (χ0v) is 19.6. The van der Waals surface area contributed by atoms with E-state index < -0.39 is 12.1 Å². The van der Waals surface area contributed by atoms with Crippen LogP contribution < -0.4 is 19.5 Å². The quantitative estimate of drug-likeness (QED) is 0.399. The van der Waals surface area contributed by atoms with Crippen LogP contribution in [0.4, 0.5) is 10.3 Å². The summed E-state index contributed by atoms with van der Waals surface area (Å²) in [4.78, 5) is 4.41. The average molecular weight is 491 g/mol. The molecular weight excluding hydrogens is 471 g/mol. The number of methoxy groups -OCH3 is 2. The van der Waals surface area contributed by atoms with E-state index in [4.69, 9.17) is 25.8 Å². The summed E-state index contributed by atoms with van der Waals surface area (Å²) in [5, 5.41) is 8.48. The van der Waals surface area contributed by atoms with Gasteiger partial charge in [-0.3, -0.25) is 0 Å². The van der Waals surface area contributed by atoms with E-state index in [1.807, 2.05) is 30.3 Å². The first-order valence-corrected chi connectivity index (χ1v) is 11.3. The highest BCUT2D eigenvalue weighted by atomic mass is 35.5. The van der Waals surface area contributed by atoms with Gasteiger partial charge >= 0.3 is 0 Å². The molecule has 3 heterocycles. The number of ether oxygens (including phenoxy) is 3. The summed E-state index contributed by atoms with van der Waals surface area (Å²) in [6, 6.07) is 17.2. The minimum atomic E-state index is -0.515. The van der Waals surface area contributed by atoms with Gasteiger partial charge in [-0.15, -0.1) is 0 Å². The van der Waals surface area contributed by atoms with Gasteiger partial charge in [0.25, 0.3) is 0 Å². The molecule has 0 spiro atoms. The van der Waals surface area contributed by atoms with Crippen LogP contribution in [0.15, 0.2) is 72.6 Å². The van der Waals surface area contributed by atoms with Gasteiger partial charge in [-0.05, 0) is 48.0 Å². The molecule has 2 unspecified atom stereocenters. The minimum absolute atomic E-state index is 0.316. The summed E-state index contributed by atoms with van der Waals surface area (Å²) in [6.45, 7) is 0. The van der Waals surface area contributed by atoms with Crippen LogP contribution in [0.3, 0.4) is 0 Å². The van der Waals surface area contributed by atoms with Gasteiger partial charge in [0.15, 0.2) is 11.5 Å². The minimum Gasteiger partial charge on any atom is -0.493 e. The van der Waals surface area contributed by atoms with Crippen LogP contribution in [0.25, 0.3) is 5.70 Å². The van der Waals surface area contributed by atoms with E-state index in [9.17, 15) is 4.39 Å². The summed E-state index contributed by atoms with van der Waals surface area (Å²) in [7, 11) is 3.19. The van der Waals surface area contributed by atoms with Crippen molar-refractivity contribution in [3.63, 3.8) is 0 Å². The van der Waals surface area contributed by atoms with E-state index in [-0.39, 0.29) is 5.82 Å². The third-order valence-electron chi connectivity index (χ3n) is 6.27. The Morgan fingerprint density at radius 2 is 1.74 bits per heavy atom. The molecule has 9 heteroatoms. The third kappa shape index (κ3) is 3.49. The molecule has 35 heavy (non-hydrogen) atoms. The molecule has 1 N–H and O–H groups in total. The maximum atomic E-state index is 13.8. The van der Waals surface area contributed by atoms with Gasteiger partial charge < -0.3 is 19.5 Å². The lowest BCUT2D eigenvalue weighted by Gasteiger charge is -2.39. The van der Waals surface area contributed by atoms with Crippen LogP contribution in [0.2, 0.25) is 5.02 Å². The number of aromatic nitrogens is 3. The highest BCUT2D eigenvalue weighted by molar-refractivity contribution is 6.30. The summed E-state index contributed by atoms with van der Waals surface area (Å²) in [5.74, 6) is 2.12. The molecule has 0 amide bonds. The van der Waals surface area contributed by atoms with Crippen molar-refractivity contribution in [2.45, 2.75) is 12.1 Å². The second-order valence-corrected chi connectivity index (χ2v) is 8.63. The Morgan fingerprint density at radius 3 is 2.51 bits per heavy atom. The van der Waals surface area contributed by atoms with Crippen LogP contribution in [-0.4, -0.2) is 29.0 Å². The summed E-state index contributed by atoms with van der Waals surface area (Å²) in [5.41, 5.74) is 4.21. The van der Waals surface area contributed by atoms with Crippen LogP contribution >= 0.6 is 11.6 Å². The molecule has 1 aromatic heterocycles. The fourth-order valence-electron chi connectivity index (χ4n) is 4.70. The van der Waals surface area contributed by atoms with Crippen molar-refractivity contribution >= 4 is 23.2 Å². The Hall–Kier alpha value is -4.04. The lowest BCUT2D eigenvalue weighted by molar-refractivity contribution is 0.222. The van der Waals surface area contributed by atoms with Crippen LogP contribution in [-0.2, 0) is 0 Å². The molecule has 6 rings (SSSR count). The van der Waals surface area contributed by atoms with E-state index in [2.05, 4.69) is 15.4 Å². The normalized spacial score (nSPS) is 18.1. The van der Waals surface area contributed by atoms with Crippen molar-refractivity contribution < 1.29 is 18.6 Å². The van der Waals surface area contributed by atoms with Crippen molar-refractivity contribution in [3.05, 3.63) is 100 Å². The SMILES string of the molecule is COc1ccc(C2Oc3ccc(Cl)cc3C3=C2C(c2ccc(F)cc2)n2ncnc2N3)cc1OC. The summed E-state index contributed by atoms with van der Waals surface area (Å²) in [6.07, 6.45) is 0.973.